The molecule has 0 saturated carbocycles. The molecule has 2 aromatic rings. The number of benzene rings is 1. The Kier molecular flexibility index (Phi) is 3.86. The van der Waals surface area contributed by atoms with Crippen LogP contribution in [-0.4, -0.2) is 28.6 Å². The summed E-state index contributed by atoms with van der Waals surface area (Å²) in [6, 6.07) is 2.75. The second-order valence-corrected chi connectivity index (χ2v) is 5.73. The number of nitro benzene ring substituents is 1. The summed E-state index contributed by atoms with van der Waals surface area (Å²) in [7, 11) is -4.01. The molecule has 0 unspecified atom stereocenters. The third-order valence-corrected chi connectivity index (χ3v) is 3.84. The van der Waals surface area contributed by atoms with Gasteiger partial charge in [-0.3, -0.25) is 10.1 Å². The Morgan fingerprint density at radius 1 is 1.48 bits per heavy atom. The minimum atomic E-state index is -4.01. The van der Waals surface area contributed by atoms with Gasteiger partial charge < -0.3 is 9.63 Å². The number of rotatable bonds is 5. The molecule has 21 heavy (non-hydrogen) atoms. The Labute approximate surface area is 118 Å². The molecule has 0 spiro atoms. The summed E-state index contributed by atoms with van der Waals surface area (Å²) in [4.78, 5) is 13.3. The second kappa shape index (κ2) is 5.46. The van der Waals surface area contributed by atoms with E-state index in [4.69, 9.17) is 0 Å². The van der Waals surface area contributed by atoms with Crippen LogP contribution < -0.4 is 4.72 Å². The summed E-state index contributed by atoms with van der Waals surface area (Å²) in [6.07, 6.45) is 0. The van der Waals surface area contributed by atoms with Gasteiger partial charge in [0, 0.05) is 13.0 Å². The molecule has 2 N–H and O–H groups in total. The third kappa shape index (κ3) is 3.32. The number of aromatic nitrogens is 2. The van der Waals surface area contributed by atoms with E-state index in [0.29, 0.717) is 0 Å². The van der Waals surface area contributed by atoms with E-state index in [1.165, 1.54) is 0 Å². The zero-order valence-electron chi connectivity index (χ0n) is 10.7. The van der Waals surface area contributed by atoms with E-state index in [1.54, 1.807) is 6.92 Å². The lowest BCUT2D eigenvalue weighted by atomic mass is 10.3. The first-order chi connectivity index (χ1) is 9.79. The molecule has 0 radical (unpaired) electrons. The minimum absolute atomic E-state index is 0.129. The van der Waals surface area contributed by atoms with Crippen molar-refractivity contribution in [1.29, 1.82) is 0 Å². The Bertz CT molecular complexity index is 785. The lowest BCUT2D eigenvalue weighted by Gasteiger charge is -2.05. The van der Waals surface area contributed by atoms with E-state index in [1.807, 2.05) is 0 Å². The number of nitrogens with one attached hydrogen (secondary N) is 1. The predicted octanol–water partition coefficient (Wildman–Crippen LogP) is 0.470. The van der Waals surface area contributed by atoms with Crippen LogP contribution >= 0.6 is 0 Å². The van der Waals surface area contributed by atoms with Crippen LogP contribution in [0.4, 0.5) is 5.69 Å². The van der Waals surface area contributed by atoms with Crippen LogP contribution in [0.5, 0.6) is 5.75 Å². The summed E-state index contributed by atoms with van der Waals surface area (Å²) in [6.45, 7) is 1.32. The first-order valence-corrected chi connectivity index (χ1v) is 7.04. The fourth-order valence-corrected chi connectivity index (χ4v) is 2.47. The van der Waals surface area contributed by atoms with Crippen molar-refractivity contribution < 1.29 is 23.0 Å². The number of hydrogen-bond donors (Lipinski definition) is 2. The van der Waals surface area contributed by atoms with E-state index in [-0.39, 0.29) is 23.2 Å². The topological polar surface area (TPSA) is 148 Å². The van der Waals surface area contributed by atoms with Crippen molar-refractivity contribution >= 4 is 15.7 Å². The molecule has 112 valence electrons. The minimum Gasteiger partial charge on any atom is -0.502 e. The number of phenols is 1. The van der Waals surface area contributed by atoms with Crippen LogP contribution in [-0.2, 0) is 16.6 Å². The Balaban J connectivity index is 2.23. The number of aryl methyl sites for hydroxylation is 1. The lowest BCUT2D eigenvalue weighted by Crippen LogP contribution is -2.23. The molecule has 10 nitrogen and oxygen atoms in total. The van der Waals surface area contributed by atoms with Crippen LogP contribution in [0.25, 0.3) is 0 Å². The summed E-state index contributed by atoms with van der Waals surface area (Å²) in [5.41, 5.74) is -0.701. The maximum atomic E-state index is 12.0. The number of nitrogens with zero attached hydrogens (tertiary/aromatic N) is 3. The van der Waals surface area contributed by atoms with Gasteiger partial charge in [0.05, 0.1) is 16.4 Å². The fourth-order valence-electron chi connectivity index (χ4n) is 1.47. The van der Waals surface area contributed by atoms with Crippen molar-refractivity contribution in [2.45, 2.75) is 18.4 Å². The van der Waals surface area contributed by atoms with E-state index in [2.05, 4.69) is 19.4 Å². The van der Waals surface area contributed by atoms with Crippen LogP contribution in [0.3, 0.4) is 0 Å². The maximum absolute atomic E-state index is 12.0. The molecule has 1 aromatic carbocycles. The van der Waals surface area contributed by atoms with Gasteiger partial charge in [-0.25, -0.2) is 13.1 Å². The molecule has 0 aliphatic carbocycles. The molecule has 11 heteroatoms. The van der Waals surface area contributed by atoms with Crippen molar-refractivity contribution in [3.05, 3.63) is 40.0 Å². The zero-order valence-corrected chi connectivity index (χ0v) is 11.5. The smallest absolute Gasteiger partial charge is 0.312 e. The van der Waals surface area contributed by atoms with Gasteiger partial charge in [0.15, 0.2) is 11.6 Å². The van der Waals surface area contributed by atoms with Gasteiger partial charge in [0.2, 0.25) is 15.9 Å². The van der Waals surface area contributed by atoms with Gasteiger partial charge in [0.1, 0.15) is 0 Å². The maximum Gasteiger partial charge on any atom is 0.312 e. The van der Waals surface area contributed by atoms with Crippen LogP contribution in [0.1, 0.15) is 11.7 Å². The van der Waals surface area contributed by atoms with E-state index < -0.39 is 26.4 Å². The van der Waals surface area contributed by atoms with Gasteiger partial charge in [-0.05, 0) is 12.1 Å². The summed E-state index contributed by atoms with van der Waals surface area (Å²) < 4.78 is 30.9. The van der Waals surface area contributed by atoms with E-state index in [9.17, 15) is 23.6 Å². The molecule has 0 amide bonds. The average Bonchev–Trinajstić information content (AvgIpc) is 2.82. The monoisotopic (exact) mass is 314 g/mol. The number of phenolic OH excluding ortho intramolecular Hbond substituents is 1. The van der Waals surface area contributed by atoms with Gasteiger partial charge in [-0.15, -0.1) is 0 Å². The van der Waals surface area contributed by atoms with Gasteiger partial charge in [0.25, 0.3) is 0 Å². The molecule has 0 aliphatic heterocycles. The second-order valence-electron chi connectivity index (χ2n) is 3.96. The zero-order chi connectivity index (χ0) is 15.6. The average molecular weight is 314 g/mol. The van der Waals surface area contributed by atoms with Crippen LogP contribution in [0.15, 0.2) is 27.6 Å². The van der Waals surface area contributed by atoms with Crippen molar-refractivity contribution in [3.63, 3.8) is 0 Å². The van der Waals surface area contributed by atoms with Crippen LogP contribution in [0, 0.1) is 17.0 Å². The number of hydrogen-bond acceptors (Lipinski definition) is 8. The van der Waals surface area contributed by atoms with E-state index in [0.717, 1.165) is 18.2 Å². The van der Waals surface area contributed by atoms with Crippen molar-refractivity contribution in [2.75, 3.05) is 0 Å². The fraction of sp³-hybridized carbons (Fsp3) is 0.200. The lowest BCUT2D eigenvalue weighted by molar-refractivity contribution is -0.386. The number of sulfonamides is 1. The van der Waals surface area contributed by atoms with E-state index >= 15 is 0 Å². The normalized spacial score (nSPS) is 11.5. The SMILES string of the molecule is Cc1nc(CNS(=O)(=O)c2ccc(O)c([N+](=O)[O-])c2)no1. The molecule has 0 saturated heterocycles. The molecule has 0 fully saturated rings. The van der Waals surface area contributed by atoms with Gasteiger partial charge in [-0.2, -0.15) is 4.98 Å². The van der Waals surface area contributed by atoms with Crippen molar-refractivity contribution in [3.8, 4) is 5.75 Å². The molecule has 0 aliphatic rings. The highest BCUT2D eigenvalue weighted by atomic mass is 32.2. The van der Waals surface area contributed by atoms with Crippen molar-refractivity contribution in [2.24, 2.45) is 0 Å². The quantitative estimate of drug-likeness (QED) is 0.597. The third-order valence-electron chi connectivity index (χ3n) is 2.44. The Hall–Kier alpha value is -2.53. The molecule has 1 heterocycles. The highest BCUT2D eigenvalue weighted by molar-refractivity contribution is 7.89. The number of aromatic hydroxyl groups is 1. The first-order valence-electron chi connectivity index (χ1n) is 5.56. The van der Waals surface area contributed by atoms with Gasteiger partial charge in [-0.1, -0.05) is 5.16 Å². The van der Waals surface area contributed by atoms with Gasteiger partial charge >= 0.3 is 5.69 Å². The molecular weight excluding hydrogens is 304 g/mol. The highest BCUT2D eigenvalue weighted by Gasteiger charge is 2.21. The molecule has 1 aromatic heterocycles. The summed E-state index contributed by atoms with van der Waals surface area (Å²) >= 11 is 0. The highest BCUT2D eigenvalue weighted by Crippen LogP contribution is 2.28. The van der Waals surface area contributed by atoms with Crippen LogP contribution in [0.2, 0.25) is 0 Å². The molecule has 0 atom stereocenters. The Morgan fingerprint density at radius 2 is 2.19 bits per heavy atom. The largest absolute Gasteiger partial charge is 0.502 e. The molecule has 2 rings (SSSR count). The summed E-state index contributed by atoms with van der Waals surface area (Å²) in [5.74, 6) is -0.207. The Morgan fingerprint density at radius 3 is 2.76 bits per heavy atom. The molecule has 0 bridgehead atoms. The van der Waals surface area contributed by atoms with Crippen molar-refractivity contribution in [1.82, 2.24) is 14.9 Å². The standard InChI is InChI=1S/C10H10N4O6S/c1-6-12-10(13-20-6)5-11-21(18,19)7-2-3-9(15)8(4-7)14(16)17/h2-4,11,15H,5H2,1H3. The summed E-state index contributed by atoms with van der Waals surface area (Å²) in [5, 5.41) is 23.5. The number of nitro groups is 1. The molecular formula is C10H10N4O6S. The first kappa shape index (κ1) is 14.9. The predicted molar refractivity (Wildman–Crippen MR) is 67.8 cm³/mol.